The lowest BCUT2D eigenvalue weighted by molar-refractivity contribution is 0.104. The van der Waals surface area contributed by atoms with Gasteiger partial charge in [0.2, 0.25) is 6.79 Å². The van der Waals surface area contributed by atoms with Gasteiger partial charge in [0.15, 0.2) is 17.3 Å². The lowest BCUT2D eigenvalue weighted by atomic mass is 10.1. The van der Waals surface area contributed by atoms with Crippen LogP contribution >= 0.6 is 11.6 Å². The Labute approximate surface area is 126 Å². The molecule has 0 aliphatic carbocycles. The largest absolute Gasteiger partial charge is 0.454 e. The molecule has 6 heteroatoms. The zero-order chi connectivity index (χ0) is 14.8. The second-order valence-corrected chi connectivity index (χ2v) is 4.87. The zero-order valence-electron chi connectivity index (χ0n) is 11.4. The van der Waals surface area contributed by atoms with Gasteiger partial charge in [0.25, 0.3) is 0 Å². The molecular weight excluding hydrogens is 292 g/mol. The standard InChI is InChI=1S/C15H13ClN2O3/c1-2-18-12(11(16)8-17-18)4-5-13(19)10-3-6-14-15(7-10)21-9-20-14/h3-8H,2,9H2,1H3/b5-4+. The minimum Gasteiger partial charge on any atom is -0.454 e. The van der Waals surface area contributed by atoms with Gasteiger partial charge in [0, 0.05) is 12.1 Å². The smallest absolute Gasteiger partial charge is 0.231 e. The molecule has 21 heavy (non-hydrogen) atoms. The molecule has 0 N–H and O–H groups in total. The molecule has 0 radical (unpaired) electrons. The highest BCUT2D eigenvalue weighted by atomic mass is 35.5. The first kappa shape index (κ1) is 13.7. The summed E-state index contributed by atoms with van der Waals surface area (Å²) in [5, 5.41) is 4.64. The number of rotatable bonds is 4. The molecule has 1 aromatic carbocycles. The molecule has 2 aromatic rings. The van der Waals surface area contributed by atoms with Crippen molar-refractivity contribution in [1.29, 1.82) is 0 Å². The van der Waals surface area contributed by atoms with Crippen LogP contribution in [0.5, 0.6) is 11.5 Å². The van der Waals surface area contributed by atoms with Crippen molar-refractivity contribution < 1.29 is 14.3 Å². The van der Waals surface area contributed by atoms with E-state index in [0.29, 0.717) is 34.3 Å². The fourth-order valence-electron chi connectivity index (χ4n) is 2.09. The molecule has 0 bridgehead atoms. The van der Waals surface area contributed by atoms with Crippen molar-refractivity contribution in [1.82, 2.24) is 9.78 Å². The second-order valence-electron chi connectivity index (χ2n) is 4.46. The number of fused-ring (bicyclic) bond motifs is 1. The number of hydrogen-bond acceptors (Lipinski definition) is 4. The van der Waals surface area contributed by atoms with E-state index in [-0.39, 0.29) is 12.6 Å². The maximum absolute atomic E-state index is 12.2. The first-order valence-electron chi connectivity index (χ1n) is 6.52. The summed E-state index contributed by atoms with van der Waals surface area (Å²) in [6, 6.07) is 5.11. The average Bonchev–Trinajstić information content (AvgIpc) is 3.10. The van der Waals surface area contributed by atoms with Crippen LogP contribution in [0.2, 0.25) is 5.02 Å². The van der Waals surface area contributed by atoms with E-state index in [9.17, 15) is 4.79 Å². The molecule has 0 amide bonds. The number of hydrogen-bond donors (Lipinski definition) is 0. The lowest BCUT2D eigenvalue weighted by Gasteiger charge is -2.01. The van der Waals surface area contributed by atoms with Crippen LogP contribution in [-0.2, 0) is 6.54 Å². The molecule has 0 spiro atoms. The molecule has 1 aliphatic rings. The summed E-state index contributed by atoms with van der Waals surface area (Å²) in [7, 11) is 0. The van der Waals surface area contributed by atoms with Crippen molar-refractivity contribution in [2.75, 3.05) is 6.79 Å². The van der Waals surface area contributed by atoms with Gasteiger partial charge >= 0.3 is 0 Å². The predicted molar refractivity (Wildman–Crippen MR) is 78.8 cm³/mol. The third kappa shape index (κ3) is 2.64. The molecule has 5 nitrogen and oxygen atoms in total. The number of carbonyl (C=O) groups is 1. The third-order valence-corrected chi connectivity index (χ3v) is 3.47. The summed E-state index contributed by atoms with van der Waals surface area (Å²) in [6.45, 7) is 2.83. The van der Waals surface area contributed by atoms with Crippen molar-refractivity contribution in [3.8, 4) is 11.5 Å². The van der Waals surface area contributed by atoms with Crippen molar-refractivity contribution in [2.45, 2.75) is 13.5 Å². The fourth-order valence-corrected chi connectivity index (χ4v) is 2.29. The Morgan fingerprint density at radius 1 is 1.43 bits per heavy atom. The average molecular weight is 305 g/mol. The fraction of sp³-hybridized carbons (Fsp3) is 0.200. The Bertz CT molecular complexity index is 722. The minimum atomic E-state index is -0.131. The molecule has 1 aliphatic heterocycles. The summed E-state index contributed by atoms with van der Waals surface area (Å²) in [5.41, 5.74) is 1.25. The van der Waals surface area contributed by atoms with E-state index in [2.05, 4.69) is 5.10 Å². The third-order valence-electron chi connectivity index (χ3n) is 3.18. The van der Waals surface area contributed by atoms with Crippen LogP contribution in [0.25, 0.3) is 6.08 Å². The number of nitrogens with zero attached hydrogens (tertiary/aromatic N) is 2. The highest BCUT2D eigenvalue weighted by Crippen LogP contribution is 2.32. The first-order chi connectivity index (χ1) is 10.2. The number of aromatic nitrogens is 2. The molecule has 0 atom stereocenters. The van der Waals surface area contributed by atoms with E-state index in [1.807, 2.05) is 6.92 Å². The van der Waals surface area contributed by atoms with E-state index in [1.54, 1.807) is 35.2 Å². The maximum atomic E-state index is 12.2. The first-order valence-corrected chi connectivity index (χ1v) is 6.90. The number of halogens is 1. The summed E-state index contributed by atoms with van der Waals surface area (Å²) in [4.78, 5) is 12.2. The molecule has 3 rings (SSSR count). The number of benzene rings is 1. The van der Waals surface area contributed by atoms with Gasteiger partial charge in [-0.15, -0.1) is 0 Å². The Balaban J connectivity index is 1.83. The van der Waals surface area contributed by atoms with Gasteiger partial charge in [-0.25, -0.2) is 0 Å². The highest BCUT2D eigenvalue weighted by molar-refractivity contribution is 6.31. The quantitative estimate of drug-likeness (QED) is 0.643. The van der Waals surface area contributed by atoms with Crippen molar-refractivity contribution in [3.05, 3.63) is 46.8 Å². The van der Waals surface area contributed by atoms with Crippen molar-refractivity contribution >= 4 is 23.5 Å². The van der Waals surface area contributed by atoms with E-state index >= 15 is 0 Å². The van der Waals surface area contributed by atoms with Gasteiger partial charge in [0.1, 0.15) is 0 Å². The molecular formula is C15H13ClN2O3. The van der Waals surface area contributed by atoms with E-state index < -0.39 is 0 Å². The van der Waals surface area contributed by atoms with Crippen molar-refractivity contribution in [3.63, 3.8) is 0 Å². The number of allylic oxidation sites excluding steroid dienone is 1. The molecule has 108 valence electrons. The number of ketones is 1. The monoisotopic (exact) mass is 304 g/mol. The van der Waals surface area contributed by atoms with Gasteiger partial charge in [-0.1, -0.05) is 11.6 Å². The van der Waals surface area contributed by atoms with Gasteiger partial charge in [0.05, 0.1) is 16.9 Å². The van der Waals surface area contributed by atoms with E-state index in [0.717, 1.165) is 0 Å². The molecule has 0 fully saturated rings. The number of carbonyl (C=O) groups excluding carboxylic acids is 1. The summed E-state index contributed by atoms with van der Waals surface area (Å²) in [5.74, 6) is 1.11. The Kier molecular flexibility index (Phi) is 3.66. The highest BCUT2D eigenvalue weighted by Gasteiger charge is 2.15. The van der Waals surface area contributed by atoms with E-state index in [4.69, 9.17) is 21.1 Å². The predicted octanol–water partition coefficient (Wildman–Crippen LogP) is 3.18. The molecule has 2 heterocycles. The van der Waals surface area contributed by atoms with Crippen LogP contribution in [0.3, 0.4) is 0 Å². The van der Waals surface area contributed by atoms with Crippen LogP contribution in [0.4, 0.5) is 0 Å². The van der Waals surface area contributed by atoms with Crippen LogP contribution in [0.15, 0.2) is 30.5 Å². The van der Waals surface area contributed by atoms with Gasteiger partial charge in [-0.05, 0) is 37.3 Å². The van der Waals surface area contributed by atoms with Gasteiger partial charge in [-0.2, -0.15) is 5.10 Å². The van der Waals surface area contributed by atoms with Crippen LogP contribution in [0.1, 0.15) is 23.0 Å². The van der Waals surface area contributed by atoms with Crippen LogP contribution in [0, 0.1) is 0 Å². The van der Waals surface area contributed by atoms with Gasteiger partial charge in [-0.3, -0.25) is 9.48 Å². The maximum Gasteiger partial charge on any atom is 0.231 e. The Hall–Kier alpha value is -2.27. The topological polar surface area (TPSA) is 53.4 Å². The molecule has 0 saturated heterocycles. The lowest BCUT2D eigenvalue weighted by Crippen LogP contribution is -1.99. The Morgan fingerprint density at radius 2 is 2.24 bits per heavy atom. The summed E-state index contributed by atoms with van der Waals surface area (Å²) in [6.07, 6.45) is 4.72. The SMILES string of the molecule is CCn1ncc(Cl)c1/C=C/C(=O)c1ccc2c(c1)OCO2. The van der Waals surface area contributed by atoms with Crippen LogP contribution < -0.4 is 9.47 Å². The molecule has 0 unspecified atom stereocenters. The number of aryl methyl sites for hydroxylation is 1. The normalized spacial score (nSPS) is 13.0. The van der Waals surface area contributed by atoms with Gasteiger partial charge < -0.3 is 9.47 Å². The molecule has 1 aromatic heterocycles. The Morgan fingerprint density at radius 3 is 3.05 bits per heavy atom. The van der Waals surface area contributed by atoms with Crippen molar-refractivity contribution in [2.24, 2.45) is 0 Å². The van der Waals surface area contributed by atoms with E-state index in [1.165, 1.54) is 6.08 Å². The summed E-state index contributed by atoms with van der Waals surface area (Å²) >= 11 is 6.05. The minimum absolute atomic E-state index is 0.131. The zero-order valence-corrected chi connectivity index (χ0v) is 12.1. The number of ether oxygens (including phenoxy) is 2. The van der Waals surface area contributed by atoms with Crippen LogP contribution in [-0.4, -0.2) is 22.4 Å². The molecule has 0 saturated carbocycles. The summed E-state index contributed by atoms with van der Waals surface area (Å²) < 4.78 is 12.2. The second kappa shape index (κ2) is 5.61.